The lowest BCUT2D eigenvalue weighted by Gasteiger charge is -2.15. The van der Waals surface area contributed by atoms with Gasteiger partial charge in [-0.2, -0.15) is 0 Å². The largest absolute Gasteiger partial charge is 0.327 e. The number of nitro groups is 1. The molecule has 16 heavy (non-hydrogen) atoms. The normalized spacial score (nSPS) is 12.8. The molecule has 0 fully saturated rings. The molecular formula is C11H15ClN2O2. The van der Waals surface area contributed by atoms with Crippen LogP contribution >= 0.6 is 11.6 Å². The first-order chi connectivity index (χ1) is 7.41. The summed E-state index contributed by atoms with van der Waals surface area (Å²) < 4.78 is 0. The van der Waals surface area contributed by atoms with E-state index in [4.69, 9.17) is 17.3 Å². The first-order valence-electron chi connectivity index (χ1n) is 5.10. The van der Waals surface area contributed by atoms with E-state index >= 15 is 0 Å². The van der Waals surface area contributed by atoms with Crippen LogP contribution in [0.2, 0.25) is 5.02 Å². The van der Waals surface area contributed by atoms with Crippen LogP contribution in [0.3, 0.4) is 0 Å². The van der Waals surface area contributed by atoms with Gasteiger partial charge in [-0.15, -0.1) is 0 Å². The minimum Gasteiger partial charge on any atom is -0.327 e. The molecule has 2 N–H and O–H groups in total. The summed E-state index contributed by atoms with van der Waals surface area (Å²) in [4.78, 5) is 10.4. The molecule has 0 radical (unpaired) electrons. The molecule has 0 aliphatic carbocycles. The third-order valence-electron chi connectivity index (χ3n) is 2.56. The van der Waals surface area contributed by atoms with Crippen LogP contribution in [0.25, 0.3) is 0 Å². The third kappa shape index (κ3) is 3.18. The highest BCUT2D eigenvalue weighted by atomic mass is 35.5. The summed E-state index contributed by atoms with van der Waals surface area (Å²) in [6, 6.07) is 4.60. The van der Waals surface area contributed by atoms with E-state index in [0.29, 0.717) is 17.0 Å². The topological polar surface area (TPSA) is 69.2 Å². The van der Waals surface area contributed by atoms with E-state index < -0.39 is 4.92 Å². The van der Waals surface area contributed by atoms with Crippen LogP contribution in [0.5, 0.6) is 0 Å². The molecule has 0 heterocycles. The van der Waals surface area contributed by atoms with Crippen LogP contribution in [0, 0.1) is 16.0 Å². The fourth-order valence-electron chi connectivity index (χ4n) is 1.37. The fourth-order valence-corrected chi connectivity index (χ4v) is 1.54. The summed E-state index contributed by atoms with van der Waals surface area (Å²) in [7, 11) is 0. The Kier molecular flexibility index (Phi) is 4.26. The Labute approximate surface area is 99.6 Å². The van der Waals surface area contributed by atoms with E-state index in [1.165, 1.54) is 6.07 Å². The molecule has 5 heteroatoms. The van der Waals surface area contributed by atoms with Crippen molar-refractivity contribution in [3.05, 3.63) is 38.9 Å². The average molecular weight is 243 g/mol. The Hall–Kier alpha value is -1.13. The molecule has 88 valence electrons. The van der Waals surface area contributed by atoms with Crippen LogP contribution in [0.4, 0.5) is 5.69 Å². The van der Waals surface area contributed by atoms with Crippen molar-refractivity contribution < 1.29 is 4.92 Å². The van der Waals surface area contributed by atoms with E-state index in [2.05, 4.69) is 0 Å². The molecule has 1 aromatic carbocycles. The molecule has 0 aromatic heterocycles. The van der Waals surface area contributed by atoms with E-state index in [1.807, 2.05) is 13.8 Å². The van der Waals surface area contributed by atoms with Gasteiger partial charge in [-0.25, -0.2) is 0 Å². The molecule has 0 aliphatic rings. The van der Waals surface area contributed by atoms with Crippen molar-refractivity contribution in [2.24, 2.45) is 11.7 Å². The second kappa shape index (κ2) is 5.27. The number of hydrogen-bond donors (Lipinski definition) is 1. The van der Waals surface area contributed by atoms with Gasteiger partial charge in [0.15, 0.2) is 0 Å². The van der Waals surface area contributed by atoms with Crippen molar-refractivity contribution in [1.82, 2.24) is 0 Å². The molecule has 0 bridgehead atoms. The Morgan fingerprint density at radius 2 is 2.12 bits per heavy atom. The summed E-state index contributed by atoms with van der Waals surface area (Å²) in [5, 5.41) is 11.2. The zero-order valence-corrected chi connectivity index (χ0v) is 10.1. The maximum Gasteiger partial charge on any atom is 0.274 e. The quantitative estimate of drug-likeness (QED) is 0.652. The molecule has 0 saturated heterocycles. The second-order valence-electron chi connectivity index (χ2n) is 4.14. The predicted molar refractivity (Wildman–Crippen MR) is 64.6 cm³/mol. The van der Waals surface area contributed by atoms with Crippen molar-refractivity contribution in [2.45, 2.75) is 26.3 Å². The molecule has 1 unspecified atom stereocenters. The van der Waals surface area contributed by atoms with Gasteiger partial charge in [-0.1, -0.05) is 31.5 Å². The van der Waals surface area contributed by atoms with E-state index in [-0.39, 0.29) is 17.6 Å². The van der Waals surface area contributed by atoms with Crippen molar-refractivity contribution in [3.63, 3.8) is 0 Å². The number of nitrogens with two attached hydrogens (primary N) is 1. The zero-order valence-electron chi connectivity index (χ0n) is 9.31. The Morgan fingerprint density at radius 1 is 1.50 bits per heavy atom. The molecule has 1 atom stereocenters. The van der Waals surface area contributed by atoms with Crippen molar-refractivity contribution in [1.29, 1.82) is 0 Å². The van der Waals surface area contributed by atoms with Crippen molar-refractivity contribution in [2.75, 3.05) is 0 Å². The minimum atomic E-state index is -0.422. The molecular weight excluding hydrogens is 228 g/mol. The smallest absolute Gasteiger partial charge is 0.274 e. The number of benzene rings is 1. The maximum absolute atomic E-state index is 10.8. The second-order valence-corrected chi connectivity index (χ2v) is 4.58. The van der Waals surface area contributed by atoms with Gasteiger partial charge in [0.1, 0.15) is 0 Å². The first kappa shape index (κ1) is 12.9. The molecule has 0 aliphatic heterocycles. The maximum atomic E-state index is 10.8. The van der Waals surface area contributed by atoms with Gasteiger partial charge in [0.2, 0.25) is 0 Å². The number of hydrogen-bond acceptors (Lipinski definition) is 3. The number of nitro benzene ring substituents is 1. The molecule has 0 amide bonds. The van der Waals surface area contributed by atoms with Gasteiger partial charge in [0.25, 0.3) is 5.69 Å². The highest BCUT2D eigenvalue weighted by Gasteiger charge is 2.18. The first-order valence-corrected chi connectivity index (χ1v) is 5.48. The van der Waals surface area contributed by atoms with Gasteiger partial charge in [-0.3, -0.25) is 10.1 Å². The molecule has 0 spiro atoms. The van der Waals surface area contributed by atoms with Gasteiger partial charge < -0.3 is 5.73 Å². The lowest BCUT2D eigenvalue weighted by molar-refractivity contribution is -0.385. The summed E-state index contributed by atoms with van der Waals surface area (Å²) in [6.07, 6.45) is 0.491. The third-order valence-corrected chi connectivity index (χ3v) is 2.79. The number of halogens is 1. The predicted octanol–water partition coefficient (Wildman–Crippen LogP) is 2.77. The monoisotopic (exact) mass is 242 g/mol. The zero-order chi connectivity index (χ0) is 12.3. The number of nitrogens with zero attached hydrogens (tertiary/aromatic N) is 1. The fraction of sp³-hybridized carbons (Fsp3) is 0.455. The highest BCUT2D eigenvalue weighted by Crippen LogP contribution is 2.24. The summed E-state index contributed by atoms with van der Waals surface area (Å²) in [5.74, 6) is 0.287. The van der Waals surface area contributed by atoms with Crippen LogP contribution < -0.4 is 5.73 Å². The van der Waals surface area contributed by atoms with Crippen molar-refractivity contribution >= 4 is 17.3 Å². The van der Waals surface area contributed by atoms with Gasteiger partial charge >= 0.3 is 0 Å². The Balaban J connectivity index is 2.99. The summed E-state index contributed by atoms with van der Waals surface area (Å²) in [5.41, 5.74) is 6.58. The van der Waals surface area contributed by atoms with Gasteiger partial charge in [-0.05, 0) is 18.4 Å². The SMILES string of the molecule is CC(C)C(N)Cc1ccc(Cl)cc1[N+](=O)[O-]. The molecule has 0 saturated carbocycles. The van der Waals surface area contributed by atoms with Crippen LogP contribution in [-0.2, 0) is 6.42 Å². The van der Waals surface area contributed by atoms with Crippen molar-refractivity contribution in [3.8, 4) is 0 Å². The van der Waals surface area contributed by atoms with E-state index in [1.54, 1.807) is 12.1 Å². The summed E-state index contributed by atoms with van der Waals surface area (Å²) >= 11 is 5.72. The van der Waals surface area contributed by atoms with Crippen LogP contribution in [-0.4, -0.2) is 11.0 Å². The van der Waals surface area contributed by atoms with Crippen LogP contribution in [0.1, 0.15) is 19.4 Å². The van der Waals surface area contributed by atoms with E-state index in [9.17, 15) is 10.1 Å². The number of rotatable bonds is 4. The van der Waals surface area contributed by atoms with E-state index in [0.717, 1.165) is 0 Å². The summed E-state index contributed by atoms with van der Waals surface area (Å²) in [6.45, 7) is 3.98. The Bertz CT molecular complexity index is 394. The molecule has 4 nitrogen and oxygen atoms in total. The Morgan fingerprint density at radius 3 is 2.62 bits per heavy atom. The minimum absolute atomic E-state index is 0.0450. The average Bonchev–Trinajstić information content (AvgIpc) is 2.20. The van der Waals surface area contributed by atoms with Gasteiger partial charge in [0.05, 0.1) is 4.92 Å². The highest BCUT2D eigenvalue weighted by molar-refractivity contribution is 6.30. The molecule has 1 aromatic rings. The lowest BCUT2D eigenvalue weighted by atomic mass is 9.96. The molecule has 1 rings (SSSR count). The van der Waals surface area contributed by atoms with Crippen LogP contribution in [0.15, 0.2) is 18.2 Å². The van der Waals surface area contributed by atoms with Gasteiger partial charge in [0, 0.05) is 22.7 Å². The lowest BCUT2D eigenvalue weighted by Crippen LogP contribution is -2.29. The standard InChI is InChI=1S/C11H15ClN2O2/c1-7(2)10(13)5-8-3-4-9(12)6-11(8)14(15)16/h3-4,6-7,10H,5,13H2,1-2H3.